The summed E-state index contributed by atoms with van der Waals surface area (Å²) in [7, 11) is 1.61. The van der Waals surface area contributed by atoms with Crippen LogP contribution < -0.4 is 15.5 Å². The smallest absolute Gasteiger partial charge is 0.288 e. The lowest BCUT2D eigenvalue weighted by Crippen LogP contribution is -2.46. The van der Waals surface area contributed by atoms with Crippen molar-refractivity contribution in [2.45, 2.75) is 51.1 Å². The van der Waals surface area contributed by atoms with Crippen LogP contribution in [0.25, 0.3) is 0 Å². The summed E-state index contributed by atoms with van der Waals surface area (Å²) in [6.07, 6.45) is 3.53. The molecule has 1 aromatic carbocycles. The average molecular weight is 380 g/mol. The second kappa shape index (κ2) is 7.87. The van der Waals surface area contributed by atoms with Gasteiger partial charge in [-0.15, -0.1) is 0 Å². The summed E-state index contributed by atoms with van der Waals surface area (Å²) < 4.78 is 0. The molecule has 2 aliphatic rings. The minimum Gasteiger partial charge on any atom is -0.355 e. The molecular formula is C22H29N5O. The van der Waals surface area contributed by atoms with Gasteiger partial charge in [-0.1, -0.05) is 30.3 Å². The van der Waals surface area contributed by atoms with Crippen molar-refractivity contribution in [1.29, 1.82) is 0 Å². The maximum absolute atomic E-state index is 12.0. The van der Waals surface area contributed by atoms with E-state index in [0.717, 1.165) is 36.6 Å². The van der Waals surface area contributed by atoms with E-state index in [9.17, 15) is 4.79 Å². The van der Waals surface area contributed by atoms with Crippen LogP contribution >= 0.6 is 0 Å². The van der Waals surface area contributed by atoms with Crippen molar-refractivity contribution >= 4 is 11.7 Å². The molecule has 0 radical (unpaired) electrons. The number of hydrogen-bond acceptors (Lipinski definition) is 5. The molecule has 1 aliphatic carbocycles. The van der Waals surface area contributed by atoms with Gasteiger partial charge in [-0.05, 0) is 44.6 Å². The second-order valence-corrected chi connectivity index (χ2v) is 8.03. The Labute approximate surface area is 166 Å². The maximum Gasteiger partial charge on any atom is 0.288 e. The average Bonchev–Trinajstić information content (AvgIpc) is 3.14. The lowest BCUT2D eigenvalue weighted by Gasteiger charge is -2.38. The van der Waals surface area contributed by atoms with Crippen molar-refractivity contribution in [3.8, 4) is 0 Å². The van der Waals surface area contributed by atoms with Crippen LogP contribution in [0.2, 0.25) is 0 Å². The molecule has 6 heteroatoms. The molecule has 0 bridgehead atoms. The molecule has 6 nitrogen and oxygen atoms in total. The van der Waals surface area contributed by atoms with Gasteiger partial charge >= 0.3 is 0 Å². The molecule has 1 amide bonds. The SMILES string of the molecule is CNC(=O)c1nc(C)c(C)c(N2CC[C@@H](NC3CC(c4ccccc4)C3)C2)n1. The molecule has 148 valence electrons. The van der Waals surface area contributed by atoms with Gasteiger partial charge in [0.05, 0.1) is 0 Å². The van der Waals surface area contributed by atoms with Gasteiger partial charge in [-0.3, -0.25) is 4.79 Å². The van der Waals surface area contributed by atoms with Gasteiger partial charge < -0.3 is 15.5 Å². The van der Waals surface area contributed by atoms with Crippen molar-refractivity contribution in [1.82, 2.24) is 20.6 Å². The number of aryl methyl sites for hydroxylation is 1. The van der Waals surface area contributed by atoms with Crippen LogP contribution in [0.4, 0.5) is 5.82 Å². The molecule has 0 unspecified atom stereocenters. The molecule has 1 aromatic heterocycles. The zero-order chi connectivity index (χ0) is 19.7. The number of carbonyl (C=O) groups excluding carboxylic acids is 1. The van der Waals surface area contributed by atoms with Gasteiger partial charge in [0.1, 0.15) is 5.82 Å². The fourth-order valence-corrected chi connectivity index (χ4v) is 4.31. The highest BCUT2D eigenvalue weighted by Gasteiger charge is 2.34. The standard InChI is InChI=1S/C22H29N5O/c1-14-15(2)24-20(22(28)23-3)26-21(14)27-10-9-18(13-27)25-19-11-17(12-19)16-7-5-4-6-8-16/h4-8,17-19,25H,9-13H2,1-3H3,(H,23,28)/t17?,18-,19?/m1/s1. The van der Waals surface area contributed by atoms with Crippen LogP contribution in [0, 0.1) is 13.8 Å². The number of amides is 1. The van der Waals surface area contributed by atoms with Gasteiger partial charge in [0.15, 0.2) is 0 Å². The minimum atomic E-state index is -0.236. The zero-order valence-corrected chi connectivity index (χ0v) is 16.9. The third kappa shape index (κ3) is 3.74. The first-order valence-corrected chi connectivity index (χ1v) is 10.2. The summed E-state index contributed by atoms with van der Waals surface area (Å²) in [6.45, 7) is 5.86. The van der Waals surface area contributed by atoms with Crippen LogP contribution in [0.3, 0.4) is 0 Å². The molecule has 2 fully saturated rings. The van der Waals surface area contributed by atoms with E-state index in [1.165, 1.54) is 18.4 Å². The summed E-state index contributed by atoms with van der Waals surface area (Å²) in [4.78, 5) is 23.2. The number of carbonyl (C=O) groups is 1. The molecule has 2 N–H and O–H groups in total. The van der Waals surface area contributed by atoms with Crippen molar-refractivity contribution < 1.29 is 4.79 Å². The fraction of sp³-hybridized carbons (Fsp3) is 0.500. The minimum absolute atomic E-state index is 0.236. The lowest BCUT2D eigenvalue weighted by molar-refractivity contribution is 0.0952. The Hall–Kier alpha value is -2.47. The summed E-state index contributed by atoms with van der Waals surface area (Å²) in [5.41, 5.74) is 3.38. The summed E-state index contributed by atoms with van der Waals surface area (Å²) in [5.74, 6) is 1.60. The fourth-order valence-electron chi connectivity index (χ4n) is 4.31. The molecule has 1 atom stereocenters. The Bertz CT molecular complexity index is 848. The maximum atomic E-state index is 12.0. The Kier molecular flexibility index (Phi) is 5.31. The van der Waals surface area contributed by atoms with Crippen molar-refractivity contribution in [2.75, 3.05) is 25.0 Å². The number of nitrogens with one attached hydrogen (secondary N) is 2. The molecule has 4 rings (SSSR count). The van der Waals surface area contributed by atoms with Gasteiger partial charge in [-0.25, -0.2) is 9.97 Å². The number of benzene rings is 1. The van der Waals surface area contributed by atoms with Gasteiger partial charge in [0.25, 0.3) is 5.91 Å². The van der Waals surface area contributed by atoms with Crippen LogP contribution in [-0.2, 0) is 0 Å². The van der Waals surface area contributed by atoms with E-state index in [2.05, 4.69) is 55.8 Å². The number of rotatable bonds is 5. The first kappa shape index (κ1) is 18.9. The Morgan fingerprint density at radius 3 is 2.57 bits per heavy atom. The molecular weight excluding hydrogens is 350 g/mol. The monoisotopic (exact) mass is 379 g/mol. The van der Waals surface area contributed by atoms with Gasteiger partial charge in [0, 0.05) is 43.5 Å². The van der Waals surface area contributed by atoms with Crippen molar-refractivity contribution in [3.63, 3.8) is 0 Å². The predicted octanol–water partition coefficient (Wildman–Crippen LogP) is 2.57. The van der Waals surface area contributed by atoms with Crippen LogP contribution in [0.1, 0.15) is 52.6 Å². The number of hydrogen-bond donors (Lipinski definition) is 2. The van der Waals surface area contributed by atoms with E-state index >= 15 is 0 Å². The Balaban J connectivity index is 1.36. The van der Waals surface area contributed by atoms with E-state index < -0.39 is 0 Å². The number of aromatic nitrogens is 2. The highest BCUT2D eigenvalue weighted by Crippen LogP contribution is 2.37. The van der Waals surface area contributed by atoms with E-state index in [1.807, 2.05) is 13.8 Å². The quantitative estimate of drug-likeness (QED) is 0.836. The van der Waals surface area contributed by atoms with Gasteiger partial charge in [-0.2, -0.15) is 0 Å². The van der Waals surface area contributed by atoms with Crippen LogP contribution in [0.15, 0.2) is 30.3 Å². The highest BCUT2D eigenvalue weighted by atomic mass is 16.2. The summed E-state index contributed by atoms with van der Waals surface area (Å²) in [6, 6.07) is 11.9. The molecule has 0 spiro atoms. The Morgan fingerprint density at radius 1 is 1.11 bits per heavy atom. The lowest BCUT2D eigenvalue weighted by atomic mass is 9.75. The van der Waals surface area contributed by atoms with E-state index in [1.54, 1.807) is 7.05 Å². The molecule has 28 heavy (non-hydrogen) atoms. The first-order valence-electron chi connectivity index (χ1n) is 10.2. The largest absolute Gasteiger partial charge is 0.355 e. The summed E-state index contributed by atoms with van der Waals surface area (Å²) >= 11 is 0. The zero-order valence-electron chi connectivity index (χ0n) is 16.9. The van der Waals surface area contributed by atoms with E-state index in [0.29, 0.717) is 18.0 Å². The van der Waals surface area contributed by atoms with E-state index in [-0.39, 0.29) is 11.7 Å². The predicted molar refractivity (Wildman–Crippen MR) is 111 cm³/mol. The second-order valence-electron chi connectivity index (χ2n) is 8.03. The molecule has 2 heterocycles. The molecule has 1 saturated heterocycles. The molecule has 1 saturated carbocycles. The van der Waals surface area contributed by atoms with E-state index in [4.69, 9.17) is 0 Å². The van der Waals surface area contributed by atoms with Crippen LogP contribution in [-0.4, -0.2) is 48.1 Å². The molecule has 1 aliphatic heterocycles. The molecule has 2 aromatic rings. The third-order valence-electron chi connectivity index (χ3n) is 6.16. The number of nitrogens with zero attached hydrogens (tertiary/aromatic N) is 3. The highest BCUT2D eigenvalue weighted by molar-refractivity contribution is 5.90. The normalized spacial score (nSPS) is 24.1. The third-order valence-corrected chi connectivity index (χ3v) is 6.16. The summed E-state index contributed by atoms with van der Waals surface area (Å²) in [5, 5.41) is 6.45. The number of anilines is 1. The van der Waals surface area contributed by atoms with Crippen molar-refractivity contribution in [3.05, 3.63) is 53.0 Å². The van der Waals surface area contributed by atoms with Gasteiger partial charge in [0.2, 0.25) is 5.82 Å². The topological polar surface area (TPSA) is 70.2 Å². The Morgan fingerprint density at radius 2 is 1.86 bits per heavy atom. The van der Waals surface area contributed by atoms with Crippen molar-refractivity contribution in [2.24, 2.45) is 0 Å². The van der Waals surface area contributed by atoms with Crippen LogP contribution in [0.5, 0.6) is 0 Å². The first-order chi connectivity index (χ1) is 13.5.